The first-order valence-corrected chi connectivity index (χ1v) is 8.70. The predicted molar refractivity (Wildman–Crippen MR) is 88.6 cm³/mol. The van der Waals surface area contributed by atoms with Crippen molar-refractivity contribution in [1.29, 1.82) is 0 Å². The van der Waals surface area contributed by atoms with Gasteiger partial charge < -0.3 is 14.1 Å². The number of benzene rings is 1. The van der Waals surface area contributed by atoms with Crippen molar-refractivity contribution in [2.45, 2.75) is 12.0 Å². The molecule has 1 aromatic carbocycles. The molecule has 0 radical (unpaired) electrons. The summed E-state index contributed by atoms with van der Waals surface area (Å²) in [5.74, 6) is -0.490. The lowest BCUT2D eigenvalue weighted by Crippen LogP contribution is -2.26. The Labute approximate surface area is 138 Å². The standard InChI is InChI=1S/C16H16N2O5S/c1-3-22-16(19)12-10-11-6-4-7-13(15(11)17-12)18(2)24(20,21)14-8-5-9-23-14/h4-10,17H,3H2,1-2H3. The van der Waals surface area contributed by atoms with Crippen LogP contribution in [-0.2, 0) is 14.8 Å². The maximum atomic E-state index is 12.6. The van der Waals surface area contributed by atoms with Crippen LogP contribution in [0.5, 0.6) is 0 Å². The highest BCUT2D eigenvalue weighted by Crippen LogP contribution is 2.30. The van der Waals surface area contributed by atoms with Crippen molar-refractivity contribution in [2.24, 2.45) is 0 Å². The molecule has 0 spiro atoms. The van der Waals surface area contributed by atoms with E-state index in [9.17, 15) is 13.2 Å². The summed E-state index contributed by atoms with van der Waals surface area (Å²) in [5.41, 5.74) is 1.20. The molecule has 0 aliphatic carbocycles. The number of hydrogen-bond donors (Lipinski definition) is 1. The van der Waals surface area contributed by atoms with Gasteiger partial charge in [-0.25, -0.2) is 4.79 Å². The van der Waals surface area contributed by atoms with E-state index in [1.807, 2.05) is 0 Å². The highest BCUT2D eigenvalue weighted by atomic mass is 32.2. The number of fused-ring (bicyclic) bond motifs is 1. The Bertz CT molecular complexity index is 973. The zero-order chi connectivity index (χ0) is 17.3. The highest BCUT2D eigenvalue weighted by Gasteiger charge is 2.26. The van der Waals surface area contributed by atoms with Crippen molar-refractivity contribution in [3.8, 4) is 0 Å². The summed E-state index contributed by atoms with van der Waals surface area (Å²) in [5, 5.41) is 0.552. The Morgan fingerprint density at radius 2 is 2.08 bits per heavy atom. The zero-order valence-corrected chi connectivity index (χ0v) is 14.0. The molecule has 0 atom stereocenters. The molecule has 7 nitrogen and oxygen atoms in total. The molecular formula is C16H16N2O5S. The largest absolute Gasteiger partial charge is 0.461 e. The van der Waals surface area contributed by atoms with E-state index < -0.39 is 16.0 Å². The van der Waals surface area contributed by atoms with E-state index in [0.29, 0.717) is 16.6 Å². The van der Waals surface area contributed by atoms with Gasteiger partial charge in [0.15, 0.2) is 0 Å². The van der Waals surface area contributed by atoms with Crippen molar-refractivity contribution < 1.29 is 22.4 Å². The Hall–Kier alpha value is -2.74. The fourth-order valence-electron chi connectivity index (χ4n) is 2.40. The molecule has 126 valence electrons. The van der Waals surface area contributed by atoms with Gasteiger partial charge in [-0.1, -0.05) is 12.1 Å². The van der Waals surface area contributed by atoms with Gasteiger partial charge in [-0.05, 0) is 31.2 Å². The molecule has 24 heavy (non-hydrogen) atoms. The number of H-pyrrole nitrogens is 1. The SMILES string of the molecule is CCOC(=O)c1cc2cccc(N(C)S(=O)(=O)c3ccco3)c2[nH]1. The fraction of sp³-hybridized carbons (Fsp3) is 0.188. The first-order chi connectivity index (χ1) is 11.4. The van der Waals surface area contributed by atoms with Crippen LogP contribution in [0.1, 0.15) is 17.4 Å². The van der Waals surface area contributed by atoms with Crippen molar-refractivity contribution in [3.63, 3.8) is 0 Å². The minimum atomic E-state index is -3.83. The number of hydrogen-bond acceptors (Lipinski definition) is 5. The van der Waals surface area contributed by atoms with Crippen molar-refractivity contribution in [2.75, 3.05) is 18.0 Å². The van der Waals surface area contributed by atoms with E-state index in [0.717, 1.165) is 4.31 Å². The number of ether oxygens (including phenoxy) is 1. The first-order valence-electron chi connectivity index (χ1n) is 7.26. The van der Waals surface area contributed by atoms with Gasteiger partial charge in [0.05, 0.1) is 24.1 Å². The second kappa shape index (κ2) is 6.04. The number of aromatic amines is 1. The quantitative estimate of drug-likeness (QED) is 0.716. The van der Waals surface area contributed by atoms with Gasteiger partial charge in [0, 0.05) is 12.4 Å². The lowest BCUT2D eigenvalue weighted by Gasteiger charge is -2.18. The molecule has 2 heterocycles. The zero-order valence-electron chi connectivity index (χ0n) is 13.1. The van der Waals surface area contributed by atoms with E-state index >= 15 is 0 Å². The molecule has 0 aliphatic heterocycles. The molecule has 3 aromatic rings. The summed E-state index contributed by atoms with van der Waals surface area (Å²) >= 11 is 0. The molecule has 0 saturated carbocycles. The van der Waals surface area contributed by atoms with E-state index in [-0.39, 0.29) is 17.4 Å². The number of sulfonamides is 1. The summed E-state index contributed by atoms with van der Waals surface area (Å²) in [4.78, 5) is 14.8. The molecule has 1 N–H and O–H groups in total. The molecule has 8 heteroatoms. The molecule has 0 unspecified atom stereocenters. The molecule has 0 fully saturated rings. The predicted octanol–water partition coefficient (Wildman–Crippen LogP) is 2.76. The van der Waals surface area contributed by atoms with Crippen LogP contribution < -0.4 is 4.31 Å². The smallest absolute Gasteiger partial charge is 0.354 e. The van der Waals surface area contributed by atoms with Gasteiger partial charge in [0.1, 0.15) is 5.69 Å². The monoisotopic (exact) mass is 348 g/mol. The number of carbonyl (C=O) groups is 1. The summed E-state index contributed by atoms with van der Waals surface area (Å²) in [6, 6.07) is 9.66. The van der Waals surface area contributed by atoms with Gasteiger partial charge >= 0.3 is 5.97 Å². The molecule has 0 amide bonds. The Kier molecular flexibility index (Phi) is 4.06. The van der Waals surface area contributed by atoms with Crippen LogP contribution in [0.2, 0.25) is 0 Å². The summed E-state index contributed by atoms with van der Waals surface area (Å²) in [6.07, 6.45) is 1.30. The van der Waals surface area contributed by atoms with Crippen LogP contribution in [0, 0.1) is 0 Å². The van der Waals surface area contributed by atoms with Gasteiger partial charge in [-0.2, -0.15) is 8.42 Å². The Morgan fingerprint density at radius 1 is 1.29 bits per heavy atom. The highest BCUT2D eigenvalue weighted by molar-refractivity contribution is 7.92. The number of aromatic nitrogens is 1. The number of furan rings is 1. The molecule has 0 bridgehead atoms. The third-order valence-corrected chi connectivity index (χ3v) is 5.24. The summed E-state index contributed by atoms with van der Waals surface area (Å²) < 4.78 is 36.3. The number of anilines is 1. The summed E-state index contributed by atoms with van der Waals surface area (Å²) in [7, 11) is -2.40. The van der Waals surface area contributed by atoms with Crippen molar-refractivity contribution >= 4 is 32.6 Å². The van der Waals surface area contributed by atoms with Crippen LogP contribution in [0.15, 0.2) is 52.2 Å². The minimum Gasteiger partial charge on any atom is -0.461 e. The van der Waals surface area contributed by atoms with Gasteiger partial charge in [0.25, 0.3) is 10.0 Å². The third kappa shape index (κ3) is 2.65. The number of rotatable bonds is 5. The Morgan fingerprint density at radius 3 is 2.75 bits per heavy atom. The lowest BCUT2D eigenvalue weighted by atomic mass is 10.2. The van der Waals surface area contributed by atoms with Crippen molar-refractivity contribution in [1.82, 2.24) is 4.98 Å². The second-order valence-electron chi connectivity index (χ2n) is 5.05. The van der Waals surface area contributed by atoms with Crippen LogP contribution in [-0.4, -0.2) is 33.0 Å². The molecular weight excluding hydrogens is 332 g/mol. The van der Waals surface area contributed by atoms with Crippen LogP contribution >= 0.6 is 0 Å². The topological polar surface area (TPSA) is 92.6 Å². The number of nitrogens with zero attached hydrogens (tertiary/aromatic N) is 1. The molecule has 3 rings (SSSR count). The van der Waals surface area contributed by atoms with E-state index in [4.69, 9.17) is 9.15 Å². The molecule has 0 saturated heterocycles. The van der Waals surface area contributed by atoms with E-state index in [1.54, 1.807) is 31.2 Å². The second-order valence-corrected chi connectivity index (χ2v) is 6.95. The van der Waals surface area contributed by atoms with E-state index in [2.05, 4.69) is 4.98 Å². The number of para-hydroxylation sites is 1. The minimum absolute atomic E-state index is 0.154. The summed E-state index contributed by atoms with van der Waals surface area (Å²) in [6.45, 7) is 1.98. The van der Waals surface area contributed by atoms with Crippen LogP contribution in [0.25, 0.3) is 10.9 Å². The lowest BCUT2D eigenvalue weighted by molar-refractivity contribution is 0.0520. The van der Waals surface area contributed by atoms with E-state index in [1.165, 1.54) is 25.4 Å². The van der Waals surface area contributed by atoms with Gasteiger partial charge in [0.2, 0.25) is 5.09 Å². The average molecular weight is 348 g/mol. The number of carbonyl (C=O) groups excluding carboxylic acids is 1. The normalized spacial score (nSPS) is 11.6. The van der Waals surface area contributed by atoms with Crippen molar-refractivity contribution in [3.05, 3.63) is 48.4 Å². The number of nitrogens with one attached hydrogen (secondary N) is 1. The maximum Gasteiger partial charge on any atom is 0.354 e. The fourth-order valence-corrected chi connectivity index (χ4v) is 3.50. The van der Waals surface area contributed by atoms with Crippen LogP contribution in [0.4, 0.5) is 5.69 Å². The van der Waals surface area contributed by atoms with Gasteiger partial charge in [-0.3, -0.25) is 4.31 Å². The number of esters is 1. The third-order valence-electron chi connectivity index (χ3n) is 3.58. The Balaban J connectivity index is 2.08. The molecule has 2 aromatic heterocycles. The molecule has 0 aliphatic rings. The average Bonchev–Trinajstić information content (AvgIpc) is 3.23. The van der Waals surface area contributed by atoms with Gasteiger partial charge in [-0.15, -0.1) is 0 Å². The van der Waals surface area contributed by atoms with Crippen LogP contribution in [0.3, 0.4) is 0 Å². The maximum absolute atomic E-state index is 12.6. The first kappa shape index (κ1) is 16.1.